The third kappa shape index (κ3) is 18.7. The summed E-state index contributed by atoms with van der Waals surface area (Å²) < 4.78 is 2.83. The van der Waals surface area contributed by atoms with Crippen molar-refractivity contribution in [2.24, 2.45) is 0 Å². The van der Waals surface area contributed by atoms with Crippen molar-refractivity contribution in [1.82, 2.24) is 0 Å². The summed E-state index contributed by atoms with van der Waals surface area (Å²) in [5.74, 6) is 2.55. The molecule has 0 aromatic heterocycles. The molecule has 0 bridgehead atoms. The SMILES string of the molecule is CC(C)c1cc2ccccc2[cH-]1.CC(C)c1cc2ccccc2[cH-]1.CC(C)c1cc2ccccc2[cH-]1.CC(C)c1cc2ccccc2[cH-]1.[Cl-].[Cl-].[Zr+2]=[C](c1ccccc1)c1ccccc1.[Zr+2]=[C](c1ccccc1)c1ccccc1. The van der Waals surface area contributed by atoms with Crippen molar-refractivity contribution >= 4 is 49.5 Å². The van der Waals surface area contributed by atoms with Crippen LogP contribution >= 0.6 is 0 Å². The average Bonchev–Trinajstić information content (AvgIpc) is 4.33. The summed E-state index contributed by atoms with van der Waals surface area (Å²) in [5.41, 5.74) is 11.1. The van der Waals surface area contributed by atoms with Gasteiger partial charge in [0.05, 0.1) is 0 Å². The zero-order valence-electron chi connectivity index (χ0n) is 46.5. The van der Waals surface area contributed by atoms with Crippen LogP contribution in [0.2, 0.25) is 0 Å². The first kappa shape index (κ1) is 63.1. The van der Waals surface area contributed by atoms with Gasteiger partial charge in [0.2, 0.25) is 0 Å². The van der Waals surface area contributed by atoms with E-state index in [1.54, 1.807) is 0 Å². The predicted molar refractivity (Wildman–Crippen MR) is 327 cm³/mol. The van der Waals surface area contributed by atoms with Crippen LogP contribution in [0, 0.1) is 0 Å². The Kier molecular flexibility index (Phi) is 26.2. The van der Waals surface area contributed by atoms with Crippen LogP contribution < -0.4 is 24.8 Å². The minimum atomic E-state index is 0. The Labute approximate surface area is 508 Å². The molecule has 0 heterocycles. The average molecular weight is 1210 g/mol. The summed E-state index contributed by atoms with van der Waals surface area (Å²) in [4.78, 5) is 0. The van der Waals surface area contributed by atoms with E-state index in [1.165, 1.54) is 142 Å². The van der Waals surface area contributed by atoms with Crippen LogP contribution in [0.4, 0.5) is 0 Å². The van der Waals surface area contributed by atoms with Gasteiger partial charge < -0.3 is 24.8 Å². The van der Waals surface area contributed by atoms with Crippen LogP contribution in [0.5, 0.6) is 0 Å². The number of benzene rings is 8. The molecule has 12 aromatic rings. The zero-order chi connectivity index (χ0) is 53.8. The Morgan fingerprint density at radius 3 is 0.590 bits per heavy atom. The summed E-state index contributed by atoms with van der Waals surface area (Å²) >= 11 is 2.92. The number of hydrogen-bond acceptors (Lipinski definition) is 0. The Balaban J connectivity index is 0.000000172. The Hall–Kier alpha value is -5.71. The molecule has 0 radical (unpaired) electrons. The standard InChI is InChI=1S/2C13H10.4C12H13.2ClH.2Zr/c2*1-3-7-12(8-4-1)11-13-9-5-2-6-10-13;4*1-9(2)12-7-10-5-3-4-6-11(10)8-12;;;;/h2*1-10H;4*3-9H,1-2H3;2*1H;;/q;;4*-1;;;2*+2/p-2. The van der Waals surface area contributed by atoms with Crippen LogP contribution in [-0.4, -0.2) is 6.41 Å². The molecule has 4 heteroatoms. The third-order valence-corrected chi connectivity index (χ3v) is 16.3. The van der Waals surface area contributed by atoms with Crippen molar-refractivity contribution in [3.05, 3.63) is 311 Å². The first-order valence-electron chi connectivity index (χ1n) is 26.8. The Morgan fingerprint density at radius 2 is 0.423 bits per heavy atom. The maximum atomic E-state index is 2.28. The first-order chi connectivity index (χ1) is 36.8. The van der Waals surface area contributed by atoms with Crippen molar-refractivity contribution in [3.8, 4) is 0 Å². The zero-order valence-corrected chi connectivity index (χ0v) is 52.9. The Bertz CT molecular complexity index is 3010. The van der Waals surface area contributed by atoms with E-state index in [4.69, 9.17) is 0 Å². The number of rotatable bonds is 8. The molecule has 392 valence electrons. The van der Waals surface area contributed by atoms with E-state index in [1.807, 2.05) is 0 Å². The van der Waals surface area contributed by atoms with Crippen molar-refractivity contribution in [1.29, 1.82) is 0 Å². The first-order valence-corrected chi connectivity index (χ1v) is 29.3. The van der Waals surface area contributed by atoms with Crippen molar-refractivity contribution < 1.29 is 73.3 Å². The van der Waals surface area contributed by atoms with Crippen molar-refractivity contribution in [3.63, 3.8) is 0 Å². The fourth-order valence-electron chi connectivity index (χ4n) is 8.78. The van der Waals surface area contributed by atoms with E-state index in [2.05, 4.69) is 322 Å². The van der Waals surface area contributed by atoms with Gasteiger partial charge in [-0.3, -0.25) is 0 Å². The van der Waals surface area contributed by atoms with E-state index in [0.717, 1.165) is 0 Å². The summed E-state index contributed by atoms with van der Waals surface area (Å²) in [7, 11) is 0. The van der Waals surface area contributed by atoms with E-state index in [9.17, 15) is 0 Å². The van der Waals surface area contributed by atoms with Crippen LogP contribution in [0.3, 0.4) is 0 Å². The molecule has 0 N–H and O–H groups in total. The van der Waals surface area contributed by atoms with Crippen molar-refractivity contribution in [2.75, 3.05) is 0 Å². The molecule has 0 unspecified atom stereocenters. The molecule has 0 aliphatic rings. The number of hydrogen-bond donors (Lipinski definition) is 0. The molecular formula is C74H72Cl2Zr2-2. The van der Waals surface area contributed by atoms with Gasteiger partial charge in [-0.15, -0.1) is 162 Å². The molecule has 0 spiro atoms. The van der Waals surface area contributed by atoms with Gasteiger partial charge in [-0.25, -0.2) is 0 Å². The van der Waals surface area contributed by atoms with Gasteiger partial charge in [-0.1, -0.05) is 79.7 Å². The third-order valence-electron chi connectivity index (χ3n) is 13.5. The van der Waals surface area contributed by atoms with E-state index in [-0.39, 0.29) is 24.8 Å². The van der Waals surface area contributed by atoms with Gasteiger partial charge in [0.15, 0.2) is 0 Å². The molecule has 0 atom stereocenters. The molecule has 0 fully saturated rings. The monoisotopic (exact) mass is 1210 g/mol. The molecule has 12 aromatic carbocycles. The summed E-state index contributed by atoms with van der Waals surface area (Å²) in [6.45, 7) is 17.8. The summed E-state index contributed by atoms with van der Waals surface area (Å²) in [6.07, 6.45) is 0. The second-order valence-electron chi connectivity index (χ2n) is 20.5. The maximum absolute atomic E-state index is 2.28. The molecule has 78 heavy (non-hydrogen) atoms. The molecule has 0 nitrogen and oxygen atoms in total. The predicted octanol–water partition coefficient (Wildman–Crippen LogP) is 14.3. The molecule has 0 saturated carbocycles. The van der Waals surface area contributed by atoms with Crippen LogP contribution in [-0.2, 0) is 48.5 Å². The van der Waals surface area contributed by atoms with Gasteiger partial charge in [0, 0.05) is 0 Å². The fourth-order valence-corrected chi connectivity index (χ4v) is 10.4. The van der Waals surface area contributed by atoms with Crippen molar-refractivity contribution in [2.45, 2.75) is 79.1 Å². The number of fused-ring (bicyclic) bond motifs is 4. The van der Waals surface area contributed by atoms with E-state index >= 15 is 0 Å². The van der Waals surface area contributed by atoms with Crippen LogP contribution in [0.1, 0.15) is 124 Å². The molecule has 0 aliphatic carbocycles. The van der Waals surface area contributed by atoms with Gasteiger partial charge in [-0.05, 0) is 23.7 Å². The quantitative estimate of drug-likeness (QED) is 0.133. The van der Waals surface area contributed by atoms with Crippen LogP contribution in [0.15, 0.2) is 267 Å². The van der Waals surface area contributed by atoms with Gasteiger partial charge >= 0.3 is 198 Å². The molecule has 0 amide bonds. The number of halogens is 2. The Morgan fingerprint density at radius 1 is 0.256 bits per heavy atom. The van der Waals surface area contributed by atoms with Gasteiger partial charge in [-0.2, -0.15) is 24.3 Å². The van der Waals surface area contributed by atoms with Crippen LogP contribution in [0.25, 0.3) is 43.1 Å². The fraction of sp³-hybridized carbons (Fsp3) is 0.162. The molecule has 0 aliphatic heterocycles. The topological polar surface area (TPSA) is 0 Å². The van der Waals surface area contributed by atoms with Gasteiger partial charge in [0.1, 0.15) is 0 Å². The normalized spacial score (nSPS) is 10.5. The second kappa shape index (κ2) is 32.4. The van der Waals surface area contributed by atoms with E-state index in [0.29, 0.717) is 23.7 Å². The summed E-state index contributed by atoms with van der Waals surface area (Å²) in [6, 6.07) is 94.5. The molecule has 0 saturated heterocycles. The summed E-state index contributed by atoms with van der Waals surface area (Å²) in [5, 5.41) is 10.9. The molecular weight excluding hydrogens is 1140 g/mol. The minimum absolute atomic E-state index is 0. The second-order valence-corrected chi connectivity index (χ2v) is 23.0. The van der Waals surface area contributed by atoms with Gasteiger partial charge in [0.25, 0.3) is 0 Å². The molecule has 12 rings (SSSR count). The van der Waals surface area contributed by atoms with E-state index < -0.39 is 0 Å².